The summed E-state index contributed by atoms with van der Waals surface area (Å²) in [5, 5.41) is 11.1. The van der Waals surface area contributed by atoms with Crippen molar-refractivity contribution >= 4 is 0 Å². The van der Waals surface area contributed by atoms with Crippen LogP contribution in [0.1, 0.15) is 11.3 Å². The molecular formula is C11H15N5O. The summed E-state index contributed by atoms with van der Waals surface area (Å²) < 4.78 is 6.68. The van der Waals surface area contributed by atoms with Gasteiger partial charge < -0.3 is 10.1 Å². The fraction of sp³-hybridized carbons (Fsp3) is 0.364. The Bertz CT molecular complexity index is 465. The third kappa shape index (κ3) is 3.25. The van der Waals surface area contributed by atoms with E-state index >= 15 is 0 Å². The number of aromatic nitrogens is 4. The van der Waals surface area contributed by atoms with Crippen molar-refractivity contribution in [2.24, 2.45) is 7.05 Å². The number of rotatable bonds is 5. The van der Waals surface area contributed by atoms with Crippen LogP contribution in [0.25, 0.3) is 0 Å². The molecule has 0 aliphatic carbocycles. The first kappa shape index (κ1) is 11.5. The molecule has 0 aliphatic heterocycles. The van der Waals surface area contributed by atoms with Crippen molar-refractivity contribution in [1.82, 2.24) is 25.3 Å². The Morgan fingerprint density at radius 1 is 1.35 bits per heavy atom. The second-order valence-corrected chi connectivity index (χ2v) is 3.70. The fourth-order valence-electron chi connectivity index (χ4n) is 1.45. The molecule has 2 aromatic rings. The van der Waals surface area contributed by atoms with Gasteiger partial charge in [0.05, 0.1) is 12.8 Å². The smallest absolute Gasteiger partial charge is 0.212 e. The number of pyridine rings is 1. The van der Waals surface area contributed by atoms with Crippen LogP contribution >= 0.6 is 0 Å². The number of methoxy groups -OCH3 is 1. The van der Waals surface area contributed by atoms with Gasteiger partial charge in [0.1, 0.15) is 0 Å². The molecule has 90 valence electrons. The zero-order valence-electron chi connectivity index (χ0n) is 9.92. The van der Waals surface area contributed by atoms with E-state index in [0.717, 1.165) is 17.8 Å². The van der Waals surface area contributed by atoms with E-state index in [0.29, 0.717) is 12.4 Å². The van der Waals surface area contributed by atoms with Crippen LogP contribution in [-0.4, -0.2) is 27.1 Å². The Balaban J connectivity index is 1.81. The number of nitrogens with one attached hydrogen (secondary N) is 1. The van der Waals surface area contributed by atoms with Crippen LogP contribution in [0, 0.1) is 0 Å². The molecule has 0 saturated carbocycles. The largest absolute Gasteiger partial charge is 0.481 e. The topological polar surface area (TPSA) is 64.9 Å². The van der Waals surface area contributed by atoms with Gasteiger partial charge >= 0.3 is 0 Å². The molecule has 0 atom stereocenters. The quantitative estimate of drug-likeness (QED) is 0.815. The van der Waals surface area contributed by atoms with Crippen molar-refractivity contribution in [1.29, 1.82) is 0 Å². The number of hydrogen-bond acceptors (Lipinski definition) is 5. The van der Waals surface area contributed by atoms with Crippen molar-refractivity contribution < 1.29 is 4.74 Å². The van der Waals surface area contributed by atoms with E-state index in [-0.39, 0.29) is 0 Å². The van der Waals surface area contributed by atoms with Gasteiger partial charge in [0.25, 0.3) is 0 Å². The summed E-state index contributed by atoms with van der Waals surface area (Å²) in [4.78, 5) is 4.13. The molecule has 6 nitrogen and oxygen atoms in total. The first-order valence-electron chi connectivity index (χ1n) is 5.33. The predicted molar refractivity (Wildman–Crippen MR) is 62.3 cm³/mol. The molecule has 0 unspecified atom stereocenters. The van der Waals surface area contributed by atoms with Gasteiger partial charge in [-0.2, -0.15) is 0 Å². The normalized spacial score (nSPS) is 10.5. The minimum absolute atomic E-state index is 0.627. The molecule has 2 rings (SSSR count). The molecule has 0 amide bonds. The first-order valence-corrected chi connectivity index (χ1v) is 5.33. The van der Waals surface area contributed by atoms with Crippen LogP contribution in [0.2, 0.25) is 0 Å². The Hall–Kier alpha value is -1.95. The highest BCUT2D eigenvalue weighted by Crippen LogP contribution is 2.06. The summed E-state index contributed by atoms with van der Waals surface area (Å²) in [5.74, 6) is 0.627. The van der Waals surface area contributed by atoms with Crippen LogP contribution < -0.4 is 10.1 Å². The monoisotopic (exact) mass is 233 g/mol. The van der Waals surface area contributed by atoms with Crippen LogP contribution in [-0.2, 0) is 20.1 Å². The minimum atomic E-state index is 0.627. The highest BCUT2D eigenvalue weighted by molar-refractivity contribution is 5.17. The molecule has 1 N–H and O–H groups in total. The predicted octanol–water partition coefficient (Wildman–Crippen LogP) is 0.508. The average molecular weight is 233 g/mol. The molecule has 0 bridgehead atoms. The summed E-state index contributed by atoms with van der Waals surface area (Å²) in [5.41, 5.74) is 2.03. The van der Waals surface area contributed by atoms with Crippen LogP contribution in [0.15, 0.2) is 24.5 Å². The molecule has 2 aromatic heterocycles. The summed E-state index contributed by atoms with van der Waals surface area (Å²) in [6.45, 7) is 1.44. The third-order valence-corrected chi connectivity index (χ3v) is 2.29. The number of nitrogens with zero attached hydrogens (tertiary/aromatic N) is 4. The molecule has 0 radical (unpaired) electrons. The molecule has 2 heterocycles. The molecular weight excluding hydrogens is 218 g/mol. The van der Waals surface area contributed by atoms with E-state index in [1.165, 1.54) is 0 Å². The number of aryl methyl sites for hydroxylation is 1. The highest BCUT2D eigenvalue weighted by Gasteiger charge is 1.99. The van der Waals surface area contributed by atoms with Gasteiger partial charge in [0.15, 0.2) is 0 Å². The maximum atomic E-state index is 4.99. The Labute approximate surface area is 99.6 Å². The fourth-order valence-corrected chi connectivity index (χ4v) is 1.45. The van der Waals surface area contributed by atoms with Crippen molar-refractivity contribution in [3.05, 3.63) is 35.8 Å². The van der Waals surface area contributed by atoms with Crippen molar-refractivity contribution in [2.45, 2.75) is 13.1 Å². The second kappa shape index (κ2) is 5.40. The van der Waals surface area contributed by atoms with Gasteiger partial charge in [-0.05, 0) is 5.56 Å². The van der Waals surface area contributed by atoms with E-state index in [4.69, 9.17) is 4.74 Å². The van der Waals surface area contributed by atoms with E-state index in [1.54, 1.807) is 18.0 Å². The second-order valence-electron chi connectivity index (χ2n) is 3.70. The SMILES string of the molecule is COc1ccc(CNCc2cn(C)nn2)cn1. The summed E-state index contributed by atoms with van der Waals surface area (Å²) in [6, 6.07) is 3.83. The molecule has 0 fully saturated rings. The third-order valence-electron chi connectivity index (χ3n) is 2.29. The van der Waals surface area contributed by atoms with Gasteiger partial charge in [-0.3, -0.25) is 4.68 Å². The van der Waals surface area contributed by atoms with Crippen molar-refractivity contribution in [3.8, 4) is 5.88 Å². The van der Waals surface area contributed by atoms with Crippen LogP contribution in [0.5, 0.6) is 5.88 Å². The van der Waals surface area contributed by atoms with E-state index in [9.17, 15) is 0 Å². The van der Waals surface area contributed by atoms with Gasteiger partial charge in [0, 0.05) is 38.6 Å². The van der Waals surface area contributed by atoms with Gasteiger partial charge in [-0.25, -0.2) is 4.98 Å². The lowest BCUT2D eigenvalue weighted by Gasteiger charge is -2.03. The van der Waals surface area contributed by atoms with E-state index in [2.05, 4.69) is 20.6 Å². The number of hydrogen-bond donors (Lipinski definition) is 1. The lowest BCUT2D eigenvalue weighted by atomic mass is 10.3. The zero-order valence-corrected chi connectivity index (χ0v) is 9.92. The Morgan fingerprint density at radius 3 is 2.82 bits per heavy atom. The maximum Gasteiger partial charge on any atom is 0.212 e. The standard InChI is InChI=1S/C11H15N5O/c1-16-8-10(14-15-16)7-12-5-9-3-4-11(17-2)13-6-9/h3-4,6,8,12H,5,7H2,1-2H3. The summed E-state index contributed by atoms with van der Waals surface area (Å²) in [7, 11) is 3.46. The molecule has 0 aromatic carbocycles. The summed E-state index contributed by atoms with van der Waals surface area (Å²) in [6.07, 6.45) is 3.68. The lowest BCUT2D eigenvalue weighted by Crippen LogP contribution is -2.13. The van der Waals surface area contributed by atoms with Crippen LogP contribution in [0.4, 0.5) is 0 Å². The van der Waals surface area contributed by atoms with Gasteiger partial charge in [0.2, 0.25) is 5.88 Å². The molecule has 17 heavy (non-hydrogen) atoms. The van der Waals surface area contributed by atoms with Crippen molar-refractivity contribution in [2.75, 3.05) is 7.11 Å². The van der Waals surface area contributed by atoms with Crippen molar-refractivity contribution in [3.63, 3.8) is 0 Å². The zero-order chi connectivity index (χ0) is 12.1. The van der Waals surface area contributed by atoms with Gasteiger partial charge in [-0.1, -0.05) is 11.3 Å². The maximum absolute atomic E-state index is 4.99. The summed E-state index contributed by atoms with van der Waals surface area (Å²) >= 11 is 0. The molecule has 0 spiro atoms. The van der Waals surface area contributed by atoms with E-state index in [1.807, 2.05) is 25.4 Å². The van der Waals surface area contributed by atoms with Gasteiger partial charge in [-0.15, -0.1) is 5.10 Å². The first-order chi connectivity index (χ1) is 8.28. The lowest BCUT2D eigenvalue weighted by molar-refractivity contribution is 0.397. The highest BCUT2D eigenvalue weighted by atomic mass is 16.5. The number of ether oxygens (including phenoxy) is 1. The molecule has 0 saturated heterocycles. The van der Waals surface area contributed by atoms with Crippen LogP contribution in [0.3, 0.4) is 0 Å². The Kier molecular flexibility index (Phi) is 3.66. The molecule has 0 aliphatic rings. The minimum Gasteiger partial charge on any atom is -0.481 e. The average Bonchev–Trinajstić information content (AvgIpc) is 2.76. The van der Waals surface area contributed by atoms with E-state index < -0.39 is 0 Å². The Morgan fingerprint density at radius 2 is 2.24 bits per heavy atom. The molecule has 6 heteroatoms.